The number of hydrogen-bond acceptors (Lipinski definition) is 5. The van der Waals surface area contributed by atoms with E-state index in [9.17, 15) is 9.59 Å². The monoisotopic (exact) mass is 415 g/mol. The molecule has 0 amide bonds. The summed E-state index contributed by atoms with van der Waals surface area (Å²) in [6.45, 7) is 0.542. The van der Waals surface area contributed by atoms with Crippen LogP contribution in [0.15, 0.2) is 54.6 Å². The Bertz CT molecular complexity index is 1080. The minimum absolute atomic E-state index is 0.102. The summed E-state index contributed by atoms with van der Waals surface area (Å²) in [6.07, 6.45) is 2.36. The highest BCUT2D eigenvalue weighted by molar-refractivity contribution is 6.06. The number of methoxy groups -OCH3 is 2. The van der Waals surface area contributed by atoms with Crippen molar-refractivity contribution in [3.05, 3.63) is 71.3 Å². The molecule has 2 aromatic carbocycles. The zero-order chi connectivity index (χ0) is 21.2. The lowest BCUT2D eigenvalue weighted by Crippen LogP contribution is -2.64. The molecule has 5 heteroatoms. The molecule has 5 aliphatic rings. The number of esters is 2. The lowest BCUT2D eigenvalue weighted by molar-refractivity contribution is -0.162. The van der Waals surface area contributed by atoms with Gasteiger partial charge in [0.1, 0.15) is 0 Å². The molecule has 1 heterocycles. The smallest absolute Gasteiger partial charge is 0.329 e. The predicted molar refractivity (Wildman–Crippen MR) is 112 cm³/mol. The first-order valence-corrected chi connectivity index (χ1v) is 11.2. The van der Waals surface area contributed by atoms with Crippen LogP contribution in [0.4, 0.5) is 0 Å². The summed E-state index contributed by atoms with van der Waals surface area (Å²) in [5.41, 5.74) is 2.24. The van der Waals surface area contributed by atoms with Gasteiger partial charge >= 0.3 is 11.9 Å². The van der Waals surface area contributed by atoms with Crippen molar-refractivity contribution in [2.75, 3.05) is 14.2 Å². The number of nitrogens with zero attached hydrogens (tertiary/aromatic N) is 1. The van der Waals surface area contributed by atoms with Crippen molar-refractivity contribution in [1.82, 2.24) is 4.90 Å². The third-order valence-corrected chi connectivity index (χ3v) is 9.36. The van der Waals surface area contributed by atoms with Crippen LogP contribution >= 0.6 is 0 Å². The van der Waals surface area contributed by atoms with Gasteiger partial charge in [0, 0.05) is 18.4 Å². The van der Waals surface area contributed by atoms with E-state index in [-0.39, 0.29) is 29.2 Å². The van der Waals surface area contributed by atoms with Crippen LogP contribution in [0, 0.1) is 17.3 Å². The Morgan fingerprint density at radius 3 is 1.77 bits per heavy atom. The van der Waals surface area contributed by atoms with E-state index in [2.05, 4.69) is 41.3 Å². The molecule has 7 rings (SSSR count). The molecule has 0 N–H and O–H groups in total. The average Bonchev–Trinajstić information content (AvgIpc) is 3.63. The van der Waals surface area contributed by atoms with Gasteiger partial charge in [-0.3, -0.25) is 4.90 Å². The summed E-state index contributed by atoms with van der Waals surface area (Å²) >= 11 is 0. The molecule has 158 valence electrons. The van der Waals surface area contributed by atoms with Crippen LogP contribution in [0.25, 0.3) is 0 Å². The Hall–Kier alpha value is -2.66. The molecule has 5 nitrogen and oxygen atoms in total. The normalized spacial score (nSPS) is 40.9. The predicted octanol–water partition coefficient (Wildman–Crippen LogP) is 3.25. The second-order valence-electron chi connectivity index (χ2n) is 9.96. The quantitative estimate of drug-likeness (QED) is 0.436. The van der Waals surface area contributed by atoms with Gasteiger partial charge in [-0.05, 0) is 46.8 Å². The first-order chi connectivity index (χ1) is 15.1. The number of hydrogen-bond donors (Lipinski definition) is 0. The molecule has 4 aliphatic carbocycles. The van der Waals surface area contributed by atoms with E-state index in [0.29, 0.717) is 18.4 Å². The Morgan fingerprint density at radius 1 is 0.839 bits per heavy atom. The molecule has 2 aromatic rings. The van der Waals surface area contributed by atoms with E-state index in [4.69, 9.17) is 9.47 Å². The van der Waals surface area contributed by atoms with Crippen molar-refractivity contribution in [3.8, 4) is 0 Å². The third-order valence-electron chi connectivity index (χ3n) is 9.36. The molecular formula is C26H25NO4. The summed E-state index contributed by atoms with van der Waals surface area (Å²) in [5, 5.41) is 0. The number of fused-ring (bicyclic) bond motifs is 9. The third kappa shape index (κ3) is 1.61. The average molecular weight is 415 g/mol. The van der Waals surface area contributed by atoms with E-state index >= 15 is 0 Å². The Labute approximate surface area is 181 Å². The molecular weight excluding hydrogens is 390 g/mol. The maximum absolute atomic E-state index is 13.5. The minimum atomic E-state index is -0.919. The molecule has 31 heavy (non-hydrogen) atoms. The van der Waals surface area contributed by atoms with Crippen molar-refractivity contribution in [2.24, 2.45) is 17.3 Å². The van der Waals surface area contributed by atoms with Crippen LogP contribution in [0.5, 0.6) is 0 Å². The SMILES string of the molecule is COC(=O)[C@@]12[C@@H]3[C@@H]([C@H]4c5ccccc5[C@@H]3C43CC3)[C@]1(C(=O)OC)N2Cc1ccccc1. The number of benzene rings is 2. The van der Waals surface area contributed by atoms with Gasteiger partial charge < -0.3 is 9.47 Å². The van der Waals surface area contributed by atoms with E-state index < -0.39 is 11.1 Å². The van der Waals surface area contributed by atoms with Crippen molar-refractivity contribution >= 4 is 11.9 Å². The zero-order valence-electron chi connectivity index (χ0n) is 17.7. The largest absolute Gasteiger partial charge is 0.468 e. The Morgan fingerprint density at radius 2 is 1.32 bits per heavy atom. The number of carbonyl (C=O) groups is 2. The van der Waals surface area contributed by atoms with Crippen LogP contribution < -0.4 is 0 Å². The molecule has 2 bridgehead atoms. The fourth-order valence-electron chi connectivity index (χ4n) is 8.53. The van der Waals surface area contributed by atoms with Gasteiger partial charge in [-0.15, -0.1) is 0 Å². The molecule has 4 fully saturated rings. The lowest BCUT2D eigenvalue weighted by atomic mass is 9.51. The summed E-state index contributed by atoms with van der Waals surface area (Å²) < 4.78 is 10.8. The fourth-order valence-corrected chi connectivity index (χ4v) is 8.53. The van der Waals surface area contributed by atoms with E-state index in [1.54, 1.807) is 0 Å². The van der Waals surface area contributed by atoms with Gasteiger partial charge in [0.2, 0.25) is 0 Å². The van der Waals surface area contributed by atoms with Crippen LogP contribution in [0.1, 0.15) is 41.4 Å². The second-order valence-corrected chi connectivity index (χ2v) is 9.96. The summed E-state index contributed by atoms with van der Waals surface area (Å²) in [4.78, 5) is 29.1. The van der Waals surface area contributed by atoms with Gasteiger partial charge in [-0.2, -0.15) is 0 Å². The highest BCUT2D eigenvalue weighted by Crippen LogP contribution is 2.92. The molecule has 7 atom stereocenters. The zero-order valence-corrected chi connectivity index (χ0v) is 17.7. The highest BCUT2D eigenvalue weighted by atomic mass is 16.5. The minimum Gasteiger partial charge on any atom is -0.468 e. The van der Waals surface area contributed by atoms with Gasteiger partial charge in [-0.25, -0.2) is 9.59 Å². The fraction of sp³-hybridized carbons (Fsp3) is 0.462. The maximum Gasteiger partial charge on any atom is 0.329 e. The van der Waals surface area contributed by atoms with E-state index in [1.165, 1.54) is 38.2 Å². The lowest BCUT2D eigenvalue weighted by Gasteiger charge is -2.48. The molecule has 0 radical (unpaired) electrons. The second kappa shape index (κ2) is 5.39. The molecule has 1 saturated heterocycles. The van der Waals surface area contributed by atoms with Gasteiger partial charge in [0.25, 0.3) is 0 Å². The standard InChI is InChI=1S/C26H25NO4/c1-30-22(28)25-20-18-16-10-6-7-11-17(16)19(24(18)12-13-24)21(20)26(25,23(29)31-2)27(25)14-15-8-4-3-5-9-15/h3-11,18-21H,12-14H2,1-2H3/t18-,19+,20-,21+,25-,26+,27?. The van der Waals surface area contributed by atoms with E-state index in [1.807, 2.05) is 18.2 Å². The maximum atomic E-state index is 13.5. The van der Waals surface area contributed by atoms with Crippen molar-refractivity contribution in [1.29, 1.82) is 0 Å². The van der Waals surface area contributed by atoms with Gasteiger partial charge in [0.05, 0.1) is 14.2 Å². The number of likely N-dealkylation sites (tertiary alicyclic amines) is 1. The molecule has 0 aromatic heterocycles. The molecule has 1 unspecified atom stereocenters. The van der Waals surface area contributed by atoms with Crippen LogP contribution in [0.2, 0.25) is 0 Å². The van der Waals surface area contributed by atoms with Crippen molar-refractivity contribution in [3.63, 3.8) is 0 Å². The Kier molecular flexibility index (Phi) is 3.12. The van der Waals surface area contributed by atoms with Gasteiger partial charge in [-0.1, -0.05) is 54.6 Å². The number of ether oxygens (including phenoxy) is 2. The van der Waals surface area contributed by atoms with Gasteiger partial charge in [0.15, 0.2) is 11.1 Å². The first kappa shape index (κ1) is 18.0. The van der Waals surface area contributed by atoms with E-state index in [0.717, 1.165) is 5.56 Å². The van der Waals surface area contributed by atoms with Crippen LogP contribution in [-0.2, 0) is 25.6 Å². The molecule has 3 saturated carbocycles. The molecule has 1 spiro atoms. The summed E-state index contributed by atoms with van der Waals surface area (Å²) in [7, 11) is 2.89. The molecule has 1 aliphatic heterocycles. The first-order valence-electron chi connectivity index (χ1n) is 11.2. The topological polar surface area (TPSA) is 55.6 Å². The number of rotatable bonds is 4. The van der Waals surface area contributed by atoms with Crippen molar-refractivity contribution in [2.45, 2.75) is 42.3 Å². The summed E-state index contributed by atoms with van der Waals surface area (Å²) in [5.74, 6) is 0.273. The number of carbonyl (C=O) groups excluding carboxylic acids is 2. The van der Waals surface area contributed by atoms with Crippen LogP contribution in [-0.4, -0.2) is 42.1 Å². The Balaban J connectivity index is 1.42. The van der Waals surface area contributed by atoms with Crippen LogP contribution in [0.3, 0.4) is 0 Å². The summed E-state index contributed by atoms with van der Waals surface area (Å²) in [6, 6.07) is 18.8. The highest BCUT2D eigenvalue weighted by Gasteiger charge is 3.03. The van der Waals surface area contributed by atoms with Crippen molar-refractivity contribution < 1.29 is 19.1 Å².